The van der Waals surface area contributed by atoms with Crippen molar-refractivity contribution in [3.05, 3.63) is 61.3 Å². The van der Waals surface area contributed by atoms with Gasteiger partial charge >= 0.3 is 5.69 Å². The summed E-state index contributed by atoms with van der Waals surface area (Å²) in [5, 5.41) is 2.56. The van der Waals surface area contributed by atoms with Crippen LogP contribution in [0.4, 0.5) is 4.39 Å². The average Bonchev–Trinajstić information content (AvgIpc) is 2.95. The van der Waals surface area contributed by atoms with E-state index in [9.17, 15) is 18.8 Å². The van der Waals surface area contributed by atoms with Gasteiger partial charge in [0.2, 0.25) is 11.2 Å². The molecule has 3 rings (SSSR count). The summed E-state index contributed by atoms with van der Waals surface area (Å²) in [7, 11) is 2.80. The van der Waals surface area contributed by atoms with Crippen molar-refractivity contribution in [2.45, 2.75) is 20.0 Å². The molecule has 0 aliphatic rings. The van der Waals surface area contributed by atoms with Gasteiger partial charge in [-0.1, -0.05) is 12.1 Å². The number of carbonyl (C=O) groups excluding carboxylic acids is 1. The van der Waals surface area contributed by atoms with E-state index in [1.807, 2.05) is 0 Å². The first-order valence-corrected chi connectivity index (χ1v) is 8.42. The number of carbonyl (C=O) groups is 1. The van der Waals surface area contributed by atoms with Gasteiger partial charge in [-0.3, -0.25) is 23.3 Å². The highest BCUT2D eigenvalue weighted by molar-refractivity contribution is 6.29. The predicted molar refractivity (Wildman–Crippen MR) is 98.2 cm³/mol. The molecule has 8 nitrogen and oxygen atoms in total. The Hall–Kier alpha value is -2.94. The third kappa shape index (κ3) is 3.37. The number of nitrogens with one attached hydrogen (secondary N) is 1. The molecule has 2 heterocycles. The minimum Gasteiger partial charge on any atom is -0.350 e. The van der Waals surface area contributed by atoms with Gasteiger partial charge in [-0.05, 0) is 35.7 Å². The number of hydrogen-bond acceptors (Lipinski definition) is 4. The van der Waals surface area contributed by atoms with Crippen molar-refractivity contribution in [2.75, 3.05) is 0 Å². The van der Waals surface area contributed by atoms with Crippen LogP contribution in [0.25, 0.3) is 11.2 Å². The number of hydrogen-bond donors (Lipinski definition) is 1. The zero-order valence-electron chi connectivity index (χ0n) is 14.9. The van der Waals surface area contributed by atoms with E-state index in [0.717, 1.165) is 4.57 Å². The van der Waals surface area contributed by atoms with Crippen LogP contribution in [-0.4, -0.2) is 24.6 Å². The number of aromatic nitrogens is 4. The van der Waals surface area contributed by atoms with Crippen LogP contribution in [0, 0.1) is 12.7 Å². The summed E-state index contributed by atoms with van der Waals surface area (Å²) in [5.74, 6) is -0.789. The van der Waals surface area contributed by atoms with Crippen LogP contribution in [-0.2, 0) is 32.0 Å². The number of fused-ring (bicyclic) bond motifs is 1. The van der Waals surface area contributed by atoms with Crippen molar-refractivity contribution in [3.63, 3.8) is 0 Å². The number of halogens is 2. The molecule has 0 aliphatic carbocycles. The van der Waals surface area contributed by atoms with E-state index in [2.05, 4.69) is 10.3 Å². The molecule has 1 N–H and O–H groups in total. The molecule has 2 aromatic heterocycles. The zero-order chi connectivity index (χ0) is 19.9. The van der Waals surface area contributed by atoms with Crippen LogP contribution in [0.1, 0.15) is 11.1 Å². The summed E-state index contributed by atoms with van der Waals surface area (Å²) in [6, 6.07) is 4.69. The van der Waals surface area contributed by atoms with Gasteiger partial charge in [0, 0.05) is 20.6 Å². The highest BCUT2D eigenvalue weighted by Gasteiger charge is 2.19. The molecule has 0 saturated carbocycles. The maximum absolute atomic E-state index is 13.6. The first-order chi connectivity index (χ1) is 12.7. The average molecular weight is 394 g/mol. The second-order valence-corrected chi connectivity index (χ2v) is 6.54. The van der Waals surface area contributed by atoms with Crippen molar-refractivity contribution in [3.8, 4) is 0 Å². The molecule has 0 saturated heterocycles. The molecule has 0 aliphatic heterocycles. The first-order valence-electron chi connectivity index (χ1n) is 8.04. The molecule has 10 heteroatoms. The van der Waals surface area contributed by atoms with Crippen molar-refractivity contribution < 1.29 is 9.18 Å². The molecular weight excluding hydrogens is 377 g/mol. The molecule has 0 bridgehead atoms. The standard InChI is InChI=1S/C17H17ClFN5O3/c1-9-4-5-10(6-11(9)19)7-20-12(25)8-24-13-14(21-16(24)18)22(2)17(27)23(3)15(13)26/h4-6H,7-8H2,1-3H3,(H,20,25). The molecule has 142 valence electrons. The summed E-state index contributed by atoms with van der Waals surface area (Å²) in [6.07, 6.45) is 0. The van der Waals surface area contributed by atoms with Crippen LogP contribution in [0.3, 0.4) is 0 Å². The molecule has 3 aromatic rings. The minimum absolute atomic E-state index is 0.0566. The fraction of sp³-hybridized carbons (Fsp3) is 0.294. The molecular formula is C17H17ClFN5O3. The fourth-order valence-corrected chi connectivity index (χ4v) is 2.94. The second-order valence-electron chi connectivity index (χ2n) is 6.21. The van der Waals surface area contributed by atoms with Crippen molar-refractivity contribution >= 4 is 28.7 Å². The maximum Gasteiger partial charge on any atom is 0.332 e. The number of rotatable bonds is 4. The molecule has 1 aromatic carbocycles. The van der Waals surface area contributed by atoms with Crippen molar-refractivity contribution in [2.24, 2.45) is 14.1 Å². The van der Waals surface area contributed by atoms with Crippen LogP contribution < -0.4 is 16.6 Å². The van der Waals surface area contributed by atoms with Crippen LogP contribution in [0.2, 0.25) is 5.28 Å². The van der Waals surface area contributed by atoms with Gasteiger partial charge in [0.15, 0.2) is 11.2 Å². The normalized spacial score (nSPS) is 11.1. The van der Waals surface area contributed by atoms with E-state index in [0.29, 0.717) is 11.1 Å². The van der Waals surface area contributed by atoms with E-state index in [1.54, 1.807) is 19.1 Å². The summed E-state index contributed by atoms with van der Waals surface area (Å²) in [6.45, 7) is 1.51. The van der Waals surface area contributed by atoms with E-state index in [4.69, 9.17) is 11.6 Å². The Balaban J connectivity index is 1.87. The summed E-state index contributed by atoms with van der Waals surface area (Å²) < 4.78 is 16.9. The van der Waals surface area contributed by atoms with E-state index >= 15 is 0 Å². The molecule has 0 atom stereocenters. The lowest BCUT2D eigenvalue weighted by Crippen LogP contribution is -2.38. The largest absolute Gasteiger partial charge is 0.350 e. The molecule has 0 spiro atoms. The summed E-state index contributed by atoms with van der Waals surface area (Å²) in [5.41, 5.74) is 0.137. The Morgan fingerprint density at radius 1 is 1.26 bits per heavy atom. The molecule has 27 heavy (non-hydrogen) atoms. The highest BCUT2D eigenvalue weighted by Crippen LogP contribution is 2.15. The van der Waals surface area contributed by atoms with Crippen LogP contribution >= 0.6 is 11.6 Å². The Bertz CT molecular complexity index is 1180. The number of nitrogens with zero attached hydrogens (tertiary/aromatic N) is 4. The number of imidazole rings is 1. The van der Waals surface area contributed by atoms with Crippen LogP contribution in [0.15, 0.2) is 27.8 Å². The SMILES string of the molecule is Cc1ccc(CNC(=O)Cn2c(Cl)nc3c2c(=O)n(C)c(=O)n3C)cc1F. The Kier molecular flexibility index (Phi) is 4.88. The van der Waals surface area contributed by atoms with Gasteiger partial charge in [0.25, 0.3) is 5.56 Å². The molecule has 0 unspecified atom stereocenters. The van der Waals surface area contributed by atoms with E-state index in [1.165, 1.54) is 29.3 Å². The van der Waals surface area contributed by atoms with Gasteiger partial charge in [-0.2, -0.15) is 4.98 Å². The first kappa shape index (κ1) is 18.8. The topological polar surface area (TPSA) is 90.9 Å². The van der Waals surface area contributed by atoms with Crippen LogP contribution in [0.5, 0.6) is 0 Å². The Morgan fingerprint density at radius 3 is 2.63 bits per heavy atom. The predicted octanol–water partition coefficient (Wildman–Crippen LogP) is 0.851. The van der Waals surface area contributed by atoms with Gasteiger partial charge in [-0.15, -0.1) is 0 Å². The van der Waals surface area contributed by atoms with E-state index in [-0.39, 0.29) is 35.4 Å². The summed E-state index contributed by atoms with van der Waals surface area (Å²) in [4.78, 5) is 40.7. The van der Waals surface area contributed by atoms with Crippen molar-refractivity contribution in [1.29, 1.82) is 0 Å². The third-order valence-electron chi connectivity index (χ3n) is 4.33. The third-order valence-corrected chi connectivity index (χ3v) is 4.62. The maximum atomic E-state index is 13.6. The Morgan fingerprint density at radius 2 is 1.96 bits per heavy atom. The fourth-order valence-electron chi connectivity index (χ4n) is 2.71. The van der Waals surface area contributed by atoms with Gasteiger partial charge < -0.3 is 5.32 Å². The van der Waals surface area contributed by atoms with Gasteiger partial charge in [0.1, 0.15) is 12.4 Å². The Labute approximate surface area is 157 Å². The minimum atomic E-state index is -0.596. The van der Waals surface area contributed by atoms with E-state index < -0.39 is 17.2 Å². The zero-order valence-corrected chi connectivity index (χ0v) is 15.7. The number of benzene rings is 1. The molecule has 0 fully saturated rings. The number of aryl methyl sites for hydroxylation is 2. The van der Waals surface area contributed by atoms with Gasteiger partial charge in [0.05, 0.1) is 0 Å². The monoisotopic (exact) mass is 393 g/mol. The smallest absolute Gasteiger partial charge is 0.332 e. The van der Waals surface area contributed by atoms with Crippen molar-refractivity contribution in [1.82, 2.24) is 24.0 Å². The lowest BCUT2D eigenvalue weighted by atomic mass is 10.1. The summed E-state index contributed by atoms with van der Waals surface area (Å²) >= 11 is 6.07. The molecule has 1 amide bonds. The number of amides is 1. The molecule has 0 radical (unpaired) electrons. The lowest BCUT2D eigenvalue weighted by molar-refractivity contribution is -0.121. The quantitative estimate of drug-likeness (QED) is 0.665. The highest BCUT2D eigenvalue weighted by atomic mass is 35.5. The van der Waals surface area contributed by atoms with Gasteiger partial charge in [-0.25, -0.2) is 9.18 Å². The lowest BCUT2D eigenvalue weighted by Gasteiger charge is -2.09. The second kappa shape index (κ2) is 6.99.